The SMILES string of the molecule is CN(CCC(=O)O)C(=O)Cc1c(F)cccc1Cl. The molecule has 1 rings (SSSR count). The Morgan fingerprint density at radius 3 is 2.67 bits per heavy atom. The van der Waals surface area contributed by atoms with Gasteiger partial charge in [0.15, 0.2) is 0 Å². The van der Waals surface area contributed by atoms with E-state index >= 15 is 0 Å². The van der Waals surface area contributed by atoms with Crippen LogP contribution in [-0.2, 0) is 16.0 Å². The first-order chi connectivity index (χ1) is 8.41. The van der Waals surface area contributed by atoms with E-state index in [0.29, 0.717) is 0 Å². The van der Waals surface area contributed by atoms with Gasteiger partial charge in [0, 0.05) is 24.2 Å². The van der Waals surface area contributed by atoms with Gasteiger partial charge in [0.1, 0.15) is 5.82 Å². The fourth-order valence-electron chi connectivity index (χ4n) is 1.38. The summed E-state index contributed by atoms with van der Waals surface area (Å²) in [5.74, 6) is -1.90. The normalized spacial score (nSPS) is 10.2. The summed E-state index contributed by atoms with van der Waals surface area (Å²) in [5, 5.41) is 8.69. The van der Waals surface area contributed by atoms with Crippen LogP contribution in [0.4, 0.5) is 4.39 Å². The van der Waals surface area contributed by atoms with E-state index < -0.39 is 11.8 Å². The molecule has 4 nitrogen and oxygen atoms in total. The fourth-order valence-corrected chi connectivity index (χ4v) is 1.61. The zero-order valence-corrected chi connectivity index (χ0v) is 10.6. The highest BCUT2D eigenvalue weighted by atomic mass is 35.5. The minimum atomic E-state index is -0.987. The number of amides is 1. The van der Waals surface area contributed by atoms with Crippen LogP contribution in [0, 0.1) is 5.82 Å². The van der Waals surface area contributed by atoms with E-state index in [4.69, 9.17) is 16.7 Å². The third-order valence-electron chi connectivity index (χ3n) is 2.48. The summed E-state index contributed by atoms with van der Waals surface area (Å²) < 4.78 is 13.4. The summed E-state index contributed by atoms with van der Waals surface area (Å²) >= 11 is 5.80. The molecule has 0 saturated heterocycles. The van der Waals surface area contributed by atoms with Crippen molar-refractivity contribution in [3.05, 3.63) is 34.6 Å². The highest BCUT2D eigenvalue weighted by Gasteiger charge is 2.15. The number of benzene rings is 1. The Kier molecular flexibility index (Phi) is 5.09. The van der Waals surface area contributed by atoms with Gasteiger partial charge in [-0.1, -0.05) is 17.7 Å². The second-order valence-electron chi connectivity index (χ2n) is 3.84. The van der Waals surface area contributed by atoms with Crippen molar-refractivity contribution >= 4 is 23.5 Å². The molecule has 0 bridgehead atoms. The lowest BCUT2D eigenvalue weighted by molar-refractivity contribution is -0.138. The Morgan fingerprint density at radius 1 is 1.44 bits per heavy atom. The van der Waals surface area contributed by atoms with Crippen molar-refractivity contribution in [2.24, 2.45) is 0 Å². The minimum Gasteiger partial charge on any atom is -0.481 e. The van der Waals surface area contributed by atoms with Gasteiger partial charge in [0.2, 0.25) is 5.91 Å². The minimum absolute atomic E-state index is 0.0836. The molecule has 0 spiro atoms. The molecule has 0 radical (unpaired) electrons. The largest absolute Gasteiger partial charge is 0.481 e. The Labute approximate surface area is 109 Å². The maximum atomic E-state index is 13.4. The van der Waals surface area contributed by atoms with E-state index in [-0.39, 0.29) is 35.9 Å². The third-order valence-corrected chi connectivity index (χ3v) is 2.83. The molecule has 98 valence electrons. The Morgan fingerprint density at radius 2 is 2.11 bits per heavy atom. The van der Waals surface area contributed by atoms with Gasteiger partial charge in [-0.2, -0.15) is 0 Å². The molecular formula is C12H13ClFNO3. The molecule has 0 aliphatic carbocycles. The van der Waals surface area contributed by atoms with E-state index in [2.05, 4.69) is 0 Å². The molecule has 0 unspecified atom stereocenters. The number of aliphatic carboxylic acids is 1. The number of carbonyl (C=O) groups excluding carboxylic acids is 1. The molecule has 1 aromatic rings. The summed E-state index contributed by atoms with van der Waals surface area (Å²) in [4.78, 5) is 23.4. The second-order valence-corrected chi connectivity index (χ2v) is 4.24. The quantitative estimate of drug-likeness (QED) is 0.892. The lowest BCUT2D eigenvalue weighted by atomic mass is 10.1. The van der Waals surface area contributed by atoms with E-state index in [1.54, 1.807) is 0 Å². The van der Waals surface area contributed by atoms with E-state index in [1.165, 1.54) is 30.1 Å². The first-order valence-electron chi connectivity index (χ1n) is 5.30. The molecule has 6 heteroatoms. The van der Waals surface area contributed by atoms with Gasteiger partial charge in [-0.05, 0) is 12.1 Å². The fraction of sp³-hybridized carbons (Fsp3) is 0.333. The number of hydrogen-bond acceptors (Lipinski definition) is 2. The number of carboxylic acid groups (broad SMARTS) is 1. The molecule has 1 N–H and O–H groups in total. The lowest BCUT2D eigenvalue weighted by Crippen LogP contribution is -2.30. The Hall–Kier alpha value is -1.62. The molecule has 1 aromatic carbocycles. The highest BCUT2D eigenvalue weighted by Crippen LogP contribution is 2.19. The summed E-state index contributed by atoms with van der Waals surface area (Å²) in [6.07, 6.45) is -0.325. The molecule has 0 fully saturated rings. The van der Waals surface area contributed by atoms with Gasteiger partial charge in [0.25, 0.3) is 0 Å². The Balaban J connectivity index is 2.67. The average Bonchev–Trinajstić information content (AvgIpc) is 2.30. The average molecular weight is 274 g/mol. The third kappa shape index (κ3) is 4.00. The van der Waals surface area contributed by atoms with Crippen molar-refractivity contribution in [1.82, 2.24) is 4.90 Å². The van der Waals surface area contributed by atoms with Gasteiger partial charge < -0.3 is 10.0 Å². The number of carboxylic acids is 1. The van der Waals surface area contributed by atoms with Gasteiger partial charge in [-0.15, -0.1) is 0 Å². The van der Waals surface area contributed by atoms with Crippen molar-refractivity contribution < 1.29 is 19.1 Å². The number of carbonyl (C=O) groups is 2. The monoisotopic (exact) mass is 273 g/mol. The van der Waals surface area contributed by atoms with Crippen LogP contribution in [-0.4, -0.2) is 35.5 Å². The summed E-state index contributed by atoms with van der Waals surface area (Å²) in [6, 6.07) is 4.19. The van der Waals surface area contributed by atoms with E-state index in [1.807, 2.05) is 0 Å². The maximum Gasteiger partial charge on any atom is 0.305 e. The van der Waals surface area contributed by atoms with Crippen LogP contribution >= 0.6 is 11.6 Å². The molecule has 0 aliphatic heterocycles. The number of likely N-dealkylation sites (N-methyl/N-ethyl adjacent to an activating group) is 1. The first kappa shape index (κ1) is 14.4. The molecule has 0 saturated carbocycles. The van der Waals surface area contributed by atoms with Crippen LogP contribution in [0.15, 0.2) is 18.2 Å². The molecule has 0 aromatic heterocycles. The second kappa shape index (κ2) is 6.35. The molecular weight excluding hydrogens is 261 g/mol. The number of rotatable bonds is 5. The van der Waals surface area contributed by atoms with Crippen LogP contribution in [0.2, 0.25) is 5.02 Å². The van der Waals surface area contributed by atoms with Gasteiger partial charge >= 0.3 is 5.97 Å². The summed E-state index contributed by atoms with van der Waals surface area (Å²) in [6.45, 7) is 0.0836. The Bertz CT molecular complexity index is 444. The zero-order chi connectivity index (χ0) is 13.7. The van der Waals surface area contributed by atoms with Crippen molar-refractivity contribution in [2.45, 2.75) is 12.8 Å². The van der Waals surface area contributed by atoms with Crippen molar-refractivity contribution in [3.8, 4) is 0 Å². The predicted molar refractivity (Wildman–Crippen MR) is 65.0 cm³/mol. The van der Waals surface area contributed by atoms with Crippen molar-refractivity contribution in [3.63, 3.8) is 0 Å². The molecule has 0 aliphatic rings. The van der Waals surface area contributed by atoms with Crippen LogP contribution in [0.5, 0.6) is 0 Å². The standard InChI is InChI=1S/C12H13ClFNO3/c1-15(6-5-12(17)18)11(16)7-8-9(13)3-2-4-10(8)14/h2-4H,5-7H2,1H3,(H,17,18). The van der Waals surface area contributed by atoms with Crippen LogP contribution in [0.25, 0.3) is 0 Å². The summed E-state index contributed by atoms with van der Waals surface area (Å²) in [5.41, 5.74) is 0.131. The van der Waals surface area contributed by atoms with Gasteiger partial charge in [-0.3, -0.25) is 9.59 Å². The molecule has 0 heterocycles. The number of halogens is 2. The van der Waals surface area contributed by atoms with Crippen molar-refractivity contribution in [2.75, 3.05) is 13.6 Å². The highest BCUT2D eigenvalue weighted by molar-refractivity contribution is 6.31. The number of nitrogens with zero attached hydrogens (tertiary/aromatic N) is 1. The molecule has 1 amide bonds. The number of hydrogen-bond donors (Lipinski definition) is 1. The topological polar surface area (TPSA) is 57.6 Å². The molecule has 18 heavy (non-hydrogen) atoms. The summed E-state index contributed by atoms with van der Waals surface area (Å²) in [7, 11) is 1.47. The maximum absolute atomic E-state index is 13.4. The van der Waals surface area contributed by atoms with E-state index in [0.717, 1.165) is 0 Å². The lowest BCUT2D eigenvalue weighted by Gasteiger charge is -2.16. The smallest absolute Gasteiger partial charge is 0.305 e. The van der Waals surface area contributed by atoms with Crippen LogP contribution < -0.4 is 0 Å². The van der Waals surface area contributed by atoms with Gasteiger partial charge in [0.05, 0.1) is 12.8 Å². The first-order valence-corrected chi connectivity index (χ1v) is 5.68. The zero-order valence-electron chi connectivity index (χ0n) is 9.82. The molecule has 0 atom stereocenters. The van der Waals surface area contributed by atoms with Crippen LogP contribution in [0.1, 0.15) is 12.0 Å². The predicted octanol–water partition coefficient (Wildman–Crippen LogP) is 1.95. The van der Waals surface area contributed by atoms with E-state index in [9.17, 15) is 14.0 Å². The van der Waals surface area contributed by atoms with Crippen LogP contribution in [0.3, 0.4) is 0 Å². The van der Waals surface area contributed by atoms with Crippen molar-refractivity contribution in [1.29, 1.82) is 0 Å². The van der Waals surface area contributed by atoms with Gasteiger partial charge in [-0.25, -0.2) is 4.39 Å².